The van der Waals surface area contributed by atoms with E-state index < -0.39 is 0 Å². The van der Waals surface area contributed by atoms with E-state index in [4.69, 9.17) is 8.83 Å². The van der Waals surface area contributed by atoms with Gasteiger partial charge in [0, 0.05) is 21.5 Å². The third-order valence-electron chi connectivity index (χ3n) is 17.1. The predicted molar refractivity (Wildman–Crippen MR) is 339 cm³/mol. The first-order chi connectivity index (χ1) is 39.7. The molecule has 17 aromatic rings. The molecule has 0 amide bonds. The summed E-state index contributed by atoms with van der Waals surface area (Å²) in [6, 6.07) is 102. The molecule has 0 radical (unpaired) electrons. The maximum Gasteiger partial charge on any atom is 0.136 e. The Bertz CT molecular complexity index is 5310. The normalized spacial score (nSPS) is 12.0. The van der Waals surface area contributed by atoms with Gasteiger partial charge in [-0.05, 0) is 174 Å². The molecule has 0 atom stereocenters. The lowest BCUT2D eigenvalue weighted by atomic mass is 9.83. The van der Waals surface area contributed by atoms with E-state index in [1.54, 1.807) is 0 Å². The Hall–Kier alpha value is -10.5. The number of rotatable bonds is 6. The zero-order valence-corrected chi connectivity index (χ0v) is 43.4. The Morgan fingerprint density at radius 3 is 1.05 bits per heavy atom. The molecule has 2 nitrogen and oxygen atoms in total. The van der Waals surface area contributed by atoms with Crippen molar-refractivity contribution in [2.45, 2.75) is 0 Å². The van der Waals surface area contributed by atoms with Crippen LogP contribution in [0, 0.1) is 0 Å². The fourth-order valence-electron chi connectivity index (χ4n) is 13.5. The van der Waals surface area contributed by atoms with Gasteiger partial charge in [-0.2, -0.15) is 0 Å². The molecule has 0 saturated carbocycles. The van der Waals surface area contributed by atoms with Gasteiger partial charge in [0.25, 0.3) is 0 Å². The summed E-state index contributed by atoms with van der Waals surface area (Å²) >= 11 is 0. The Morgan fingerprint density at radius 1 is 0.175 bits per heavy atom. The van der Waals surface area contributed by atoms with Gasteiger partial charge in [-0.1, -0.05) is 237 Å². The van der Waals surface area contributed by atoms with E-state index in [0.717, 1.165) is 43.9 Å². The summed E-state index contributed by atoms with van der Waals surface area (Å²) in [4.78, 5) is 0. The monoisotopic (exact) mass is 1010 g/mol. The fraction of sp³-hybridized carbons (Fsp3) is 0. The van der Waals surface area contributed by atoms with Gasteiger partial charge < -0.3 is 8.83 Å². The van der Waals surface area contributed by atoms with Crippen LogP contribution in [0.4, 0.5) is 0 Å². The molecule has 15 aromatic carbocycles. The van der Waals surface area contributed by atoms with Crippen molar-refractivity contribution in [1.82, 2.24) is 0 Å². The van der Waals surface area contributed by atoms with E-state index in [9.17, 15) is 0 Å². The summed E-state index contributed by atoms with van der Waals surface area (Å²) < 4.78 is 12.6. The topological polar surface area (TPSA) is 26.3 Å². The largest absolute Gasteiger partial charge is 0.456 e. The van der Waals surface area contributed by atoms with Crippen LogP contribution in [0.1, 0.15) is 0 Å². The van der Waals surface area contributed by atoms with Gasteiger partial charge in [0.1, 0.15) is 22.3 Å². The molecule has 2 aromatic heterocycles. The molecular weight excluding hydrogens is 969 g/mol. The van der Waals surface area contributed by atoms with Crippen LogP contribution in [-0.4, -0.2) is 0 Å². The zero-order valence-electron chi connectivity index (χ0n) is 43.4. The molecule has 2 heterocycles. The molecule has 2 heteroatoms. The van der Waals surface area contributed by atoms with Crippen LogP contribution in [0.2, 0.25) is 0 Å². The average Bonchev–Trinajstić information content (AvgIpc) is 4.14. The van der Waals surface area contributed by atoms with Crippen LogP contribution < -0.4 is 0 Å². The number of hydrogen-bond donors (Lipinski definition) is 0. The summed E-state index contributed by atoms with van der Waals surface area (Å²) in [5, 5.41) is 19.2. The summed E-state index contributed by atoms with van der Waals surface area (Å²) in [6.45, 7) is 0. The lowest BCUT2D eigenvalue weighted by Gasteiger charge is -2.20. The number of para-hydroxylation sites is 2. The molecule has 0 aliphatic rings. The summed E-state index contributed by atoms with van der Waals surface area (Å²) in [7, 11) is 0. The highest BCUT2D eigenvalue weighted by atomic mass is 16.3. The average molecular weight is 1020 g/mol. The SMILES string of the molecule is c1cc(-c2c3ccccc3c(-c3ccc(-c4ccc5oc6ccccc6c5c4)cc3)c3ccccc23)c2cc(-c3ccc4cccc(-c5c6ccccc6c(-c6cccc7oc8ccccc8c67)c6ccccc56)c4c3)ccc2c1. The first-order valence-electron chi connectivity index (χ1n) is 27.5. The second kappa shape index (κ2) is 17.5. The molecule has 0 bridgehead atoms. The van der Waals surface area contributed by atoms with E-state index in [1.807, 2.05) is 18.2 Å². The molecule has 0 aliphatic carbocycles. The van der Waals surface area contributed by atoms with Gasteiger partial charge in [0.05, 0.1) is 0 Å². The first-order valence-corrected chi connectivity index (χ1v) is 27.5. The van der Waals surface area contributed by atoms with Gasteiger partial charge >= 0.3 is 0 Å². The standard InChI is InChI=1S/C78H46O2/c1-3-21-57-55(19-1)74(50-38-34-47(35-39-50)51-42-43-72-69(46-51)54-18-9-11-31-70(54)79-72)56-20-2-4-22-58(56)75(57)63-28-13-16-48-36-40-52(44-67(48)63)53-41-37-49-17-14-29-64(68(49)45-53)76-59-23-5-7-25-61(59)77(62-26-8-6-24-60(62)76)66-30-15-33-73-78(66)65-27-10-12-32-71(65)80-73/h1-46H. The minimum atomic E-state index is 0.899. The molecule has 0 spiro atoms. The van der Waals surface area contributed by atoms with Gasteiger partial charge in [0.15, 0.2) is 0 Å². The highest BCUT2D eigenvalue weighted by Gasteiger charge is 2.23. The van der Waals surface area contributed by atoms with Crippen LogP contribution in [0.25, 0.3) is 175 Å². The van der Waals surface area contributed by atoms with E-state index in [-0.39, 0.29) is 0 Å². The number of furan rings is 2. The van der Waals surface area contributed by atoms with Crippen molar-refractivity contribution in [1.29, 1.82) is 0 Å². The molecule has 17 rings (SSSR count). The summed E-state index contributed by atoms with van der Waals surface area (Å²) in [5.41, 5.74) is 18.1. The zero-order chi connectivity index (χ0) is 52.4. The Kier molecular flexibility index (Phi) is 9.75. The van der Waals surface area contributed by atoms with E-state index >= 15 is 0 Å². The van der Waals surface area contributed by atoms with Gasteiger partial charge in [0.2, 0.25) is 0 Å². The molecule has 0 unspecified atom stereocenters. The van der Waals surface area contributed by atoms with Gasteiger partial charge in [-0.3, -0.25) is 0 Å². The Balaban J connectivity index is 0.809. The lowest BCUT2D eigenvalue weighted by molar-refractivity contribution is 0.668. The van der Waals surface area contributed by atoms with Crippen molar-refractivity contribution in [2.75, 3.05) is 0 Å². The summed E-state index contributed by atoms with van der Waals surface area (Å²) in [6.07, 6.45) is 0. The third-order valence-corrected chi connectivity index (χ3v) is 17.1. The summed E-state index contributed by atoms with van der Waals surface area (Å²) in [5.74, 6) is 0. The molecule has 370 valence electrons. The van der Waals surface area contributed by atoms with Crippen molar-refractivity contribution >= 4 is 109 Å². The second-order valence-electron chi connectivity index (χ2n) is 21.3. The molecule has 80 heavy (non-hydrogen) atoms. The smallest absolute Gasteiger partial charge is 0.136 e. The van der Waals surface area contributed by atoms with Crippen LogP contribution in [0.3, 0.4) is 0 Å². The predicted octanol–water partition coefficient (Wildman–Crippen LogP) is 22.4. The maximum absolute atomic E-state index is 6.46. The van der Waals surface area contributed by atoms with Gasteiger partial charge in [-0.25, -0.2) is 0 Å². The van der Waals surface area contributed by atoms with Crippen molar-refractivity contribution in [3.63, 3.8) is 0 Å². The lowest BCUT2D eigenvalue weighted by Crippen LogP contribution is -1.92. The maximum atomic E-state index is 6.46. The number of fused-ring (bicyclic) bond motifs is 12. The van der Waals surface area contributed by atoms with E-state index in [1.165, 1.54) is 131 Å². The van der Waals surface area contributed by atoms with Crippen molar-refractivity contribution in [3.05, 3.63) is 279 Å². The number of hydrogen-bond acceptors (Lipinski definition) is 2. The Morgan fingerprint density at radius 2 is 0.512 bits per heavy atom. The Labute approximate surface area is 460 Å². The first kappa shape index (κ1) is 44.6. The fourth-order valence-corrected chi connectivity index (χ4v) is 13.5. The minimum Gasteiger partial charge on any atom is -0.456 e. The quantitative estimate of drug-likeness (QED) is 0.155. The molecular formula is C78H46O2. The molecule has 0 fully saturated rings. The molecule has 0 aliphatic heterocycles. The van der Waals surface area contributed by atoms with E-state index in [2.05, 4.69) is 261 Å². The highest BCUT2D eigenvalue weighted by molar-refractivity contribution is 6.28. The second-order valence-corrected chi connectivity index (χ2v) is 21.3. The van der Waals surface area contributed by atoms with Crippen molar-refractivity contribution in [2.24, 2.45) is 0 Å². The van der Waals surface area contributed by atoms with Crippen molar-refractivity contribution < 1.29 is 8.83 Å². The molecule has 0 saturated heterocycles. The van der Waals surface area contributed by atoms with E-state index in [0.29, 0.717) is 0 Å². The van der Waals surface area contributed by atoms with Gasteiger partial charge in [-0.15, -0.1) is 0 Å². The minimum absolute atomic E-state index is 0.899. The van der Waals surface area contributed by atoms with Crippen LogP contribution in [0.15, 0.2) is 288 Å². The van der Waals surface area contributed by atoms with Crippen LogP contribution in [-0.2, 0) is 0 Å². The molecule has 0 N–H and O–H groups in total. The van der Waals surface area contributed by atoms with Crippen LogP contribution in [0.5, 0.6) is 0 Å². The third kappa shape index (κ3) is 6.73. The van der Waals surface area contributed by atoms with Crippen LogP contribution >= 0.6 is 0 Å². The van der Waals surface area contributed by atoms with Crippen molar-refractivity contribution in [3.8, 4) is 66.8 Å². The highest BCUT2D eigenvalue weighted by Crippen LogP contribution is 2.50. The number of benzene rings is 15.